The predicted molar refractivity (Wildman–Crippen MR) is 223 cm³/mol. The Bertz CT molecular complexity index is 1600. The van der Waals surface area contributed by atoms with Gasteiger partial charge in [0.2, 0.25) is 23.6 Å². The summed E-state index contributed by atoms with van der Waals surface area (Å²) in [7, 11) is 0. The Kier molecular flexibility index (Phi) is 11.7. The highest BCUT2D eigenvalue weighted by Crippen LogP contribution is 2.88. The number of nitrogens with zero attached hydrogens (tertiary/aromatic N) is 3. The van der Waals surface area contributed by atoms with Crippen LogP contribution in [0.15, 0.2) is 12.7 Å². The SMILES string of the molecule is C=CC1CC1(NC(=O)C1CC2(CN1C(=O)C(NC(=O)C(NC(=O)C1CCCN1C(C)C)C1CCCCC1)C(C)(C)C)C(C)(C)C21CCC1)C(=O)NSN1CCCC1. The van der Waals surface area contributed by atoms with Gasteiger partial charge < -0.3 is 20.9 Å². The highest BCUT2D eigenvalue weighted by Gasteiger charge is 2.85. The molecular weight excluding hydrogens is 739 g/mol. The molecule has 0 radical (unpaired) electrons. The van der Waals surface area contributed by atoms with Crippen molar-refractivity contribution >= 4 is 41.7 Å². The van der Waals surface area contributed by atoms with E-state index < -0.39 is 29.1 Å². The Morgan fingerprint density at radius 2 is 1.49 bits per heavy atom. The van der Waals surface area contributed by atoms with E-state index in [4.69, 9.17) is 0 Å². The molecule has 57 heavy (non-hydrogen) atoms. The van der Waals surface area contributed by atoms with E-state index in [9.17, 15) is 19.2 Å². The van der Waals surface area contributed by atoms with Crippen molar-refractivity contribution in [3.05, 3.63) is 12.7 Å². The normalized spacial score (nSPS) is 33.1. The molecule has 318 valence electrons. The number of nitrogens with one attached hydrogen (secondary N) is 4. The van der Waals surface area contributed by atoms with Gasteiger partial charge in [0.05, 0.1) is 6.04 Å². The second kappa shape index (κ2) is 15.8. The molecule has 12 nitrogen and oxygen atoms in total. The lowest BCUT2D eigenvalue weighted by Crippen LogP contribution is -2.63. The van der Waals surface area contributed by atoms with Crippen LogP contribution in [0.25, 0.3) is 0 Å². The smallest absolute Gasteiger partial charge is 0.257 e. The molecule has 7 atom stereocenters. The maximum absolute atomic E-state index is 15.3. The van der Waals surface area contributed by atoms with Crippen molar-refractivity contribution < 1.29 is 24.0 Å². The Balaban J connectivity index is 1.14. The van der Waals surface area contributed by atoms with Crippen molar-refractivity contribution in [3.63, 3.8) is 0 Å². The molecule has 4 saturated carbocycles. The first-order valence-corrected chi connectivity index (χ1v) is 23.0. The van der Waals surface area contributed by atoms with E-state index >= 15 is 4.79 Å². The summed E-state index contributed by atoms with van der Waals surface area (Å²) < 4.78 is 5.14. The Morgan fingerprint density at radius 3 is 2.05 bits per heavy atom. The van der Waals surface area contributed by atoms with Gasteiger partial charge >= 0.3 is 0 Å². The van der Waals surface area contributed by atoms with Gasteiger partial charge in [0, 0.05) is 49.1 Å². The van der Waals surface area contributed by atoms with Gasteiger partial charge in [0.15, 0.2) is 0 Å². The molecule has 13 heteroatoms. The van der Waals surface area contributed by atoms with Crippen LogP contribution in [0.1, 0.15) is 138 Å². The molecule has 7 unspecified atom stereocenters. The van der Waals surface area contributed by atoms with Gasteiger partial charge in [-0.1, -0.05) is 66.4 Å². The topological polar surface area (TPSA) is 143 Å². The van der Waals surface area contributed by atoms with Crippen molar-refractivity contribution in [2.45, 2.75) is 174 Å². The molecule has 7 rings (SSSR count). The van der Waals surface area contributed by atoms with Crippen molar-refractivity contribution in [3.8, 4) is 0 Å². The minimum absolute atomic E-state index is 0.0195. The summed E-state index contributed by atoms with van der Waals surface area (Å²) in [4.78, 5) is 76.3. The van der Waals surface area contributed by atoms with Crippen LogP contribution in [-0.4, -0.2) is 106 Å². The number of hydrogen-bond acceptors (Lipinski definition) is 8. The van der Waals surface area contributed by atoms with E-state index in [1.807, 2.05) is 20.8 Å². The lowest BCUT2D eigenvalue weighted by Gasteiger charge is -2.38. The molecule has 4 aliphatic carbocycles. The quantitative estimate of drug-likeness (QED) is 0.149. The van der Waals surface area contributed by atoms with Crippen LogP contribution >= 0.6 is 12.1 Å². The van der Waals surface area contributed by atoms with Crippen molar-refractivity contribution in [1.82, 2.24) is 34.8 Å². The lowest BCUT2D eigenvalue weighted by atomic mass is 9.73. The van der Waals surface area contributed by atoms with Crippen molar-refractivity contribution in [1.29, 1.82) is 0 Å². The molecule has 0 aromatic heterocycles. The molecule has 4 N–H and O–H groups in total. The number of carbonyl (C=O) groups is 5. The van der Waals surface area contributed by atoms with Crippen molar-refractivity contribution in [2.75, 3.05) is 26.2 Å². The van der Waals surface area contributed by atoms with Gasteiger partial charge in [-0.3, -0.25) is 33.6 Å². The number of amides is 5. The number of rotatable bonds is 13. The van der Waals surface area contributed by atoms with Gasteiger partial charge in [-0.15, -0.1) is 6.58 Å². The van der Waals surface area contributed by atoms with Crippen LogP contribution in [0, 0.1) is 33.5 Å². The standard InChI is InChI=1S/C44H71N7O5S/c1-9-30-25-44(30,39(56)48-57-49-22-13-14-23-49)47-36(53)32-26-43(41(7,8)42(43)20-16-21-42)27-51(32)38(55)34(40(4,5)6)46-37(54)33(29-17-11-10-12-18-29)45-35(52)31-19-15-24-50(31)28(2)3/h9,28-34H,1,10-27H2,2-8H3,(H,45,52)(H,46,54)(H,47,53)(H,48,56). The van der Waals surface area contributed by atoms with Gasteiger partial charge in [0.25, 0.3) is 5.91 Å². The first kappa shape index (κ1) is 42.5. The molecule has 3 saturated heterocycles. The van der Waals surface area contributed by atoms with Gasteiger partial charge in [-0.25, -0.2) is 4.31 Å². The first-order valence-electron chi connectivity index (χ1n) is 22.3. The zero-order valence-electron chi connectivity index (χ0n) is 35.8. The zero-order chi connectivity index (χ0) is 41.1. The fraction of sp³-hybridized carbons (Fsp3) is 0.841. The van der Waals surface area contributed by atoms with Crippen LogP contribution in [0.4, 0.5) is 0 Å². The summed E-state index contributed by atoms with van der Waals surface area (Å²) in [6.45, 7) is 21.7. The number of fused-ring (bicyclic) bond motifs is 1. The highest BCUT2D eigenvalue weighted by atomic mass is 32.2. The third-order valence-corrected chi connectivity index (χ3v) is 17.0. The molecule has 3 aliphatic heterocycles. The third-order valence-electron chi connectivity index (χ3n) is 16.1. The Hall–Kier alpha value is -2.64. The number of hydrogen-bond donors (Lipinski definition) is 4. The summed E-state index contributed by atoms with van der Waals surface area (Å²) in [6, 6.07) is -2.54. The highest BCUT2D eigenvalue weighted by molar-refractivity contribution is 7.95. The predicted octanol–water partition coefficient (Wildman–Crippen LogP) is 5.09. The van der Waals surface area contributed by atoms with E-state index in [1.165, 1.54) is 12.1 Å². The lowest BCUT2D eigenvalue weighted by molar-refractivity contribution is -0.145. The number of carbonyl (C=O) groups excluding carboxylic acids is 5. The molecule has 5 amide bonds. The van der Waals surface area contributed by atoms with E-state index in [0.29, 0.717) is 19.4 Å². The summed E-state index contributed by atoms with van der Waals surface area (Å²) in [6.07, 6.45) is 14.7. The summed E-state index contributed by atoms with van der Waals surface area (Å²) in [5, 5.41) is 9.59. The van der Waals surface area contributed by atoms with Crippen LogP contribution in [0.5, 0.6) is 0 Å². The minimum atomic E-state index is -1.11. The maximum atomic E-state index is 15.3. The molecule has 3 heterocycles. The van der Waals surface area contributed by atoms with Crippen LogP contribution in [0.2, 0.25) is 0 Å². The largest absolute Gasteiger partial charge is 0.343 e. The molecule has 0 aromatic carbocycles. The average molecular weight is 810 g/mol. The summed E-state index contributed by atoms with van der Waals surface area (Å²) in [5.74, 6) is -1.50. The van der Waals surface area contributed by atoms with Gasteiger partial charge in [-0.05, 0) is 107 Å². The van der Waals surface area contributed by atoms with Gasteiger partial charge in [0.1, 0.15) is 23.7 Å². The van der Waals surface area contributed by atoms with Crippen LogP contribution in [-0.2, 0) is 24.0 Å². The van der Waals surface area contributed by atoms with E-state index in [0.717, 1.165) is 96.7 Å². The van der Waals surface area contributed by atoms with Gasteiger partial charge in [-0.2, -0.15) is 0 Å². The van der Waals surface area contributed by atoms with E-state index in [-0.39, 0.29) is 69.7 Å². The second-order valence-corrected chi connectivity index (χ2v) is 21.6. The van der Waals surface area contributed by atoms with Crippen LogP contribution < -0.4 is 20.7 Å². The number of likely N-dealkylation sites (tertiary alicyclic amines) is 2. The zero-order valence-corrected chi connectivity index (χ0v) is 36.7. The molecule has 7 fully saturated rings. The fourth-order valence-corrected chi connectivity index (χ4v) is 13.1. The third kappa shape index (κ3) is 7.35. The molecule has 2 spiro atoms. The average Bonchev–Trinajstić information content (AvgIpc) is 3.57. The van der Waals surface area contributed by atoms with E-state index in [2.05, 4.69) is 64.2 Å². The molecular formula is C44H71N7O5S. The monoisotopic (exact) mass is 810 g/mol. The second-order valence-electron chi connectivity index (χ2n) is 20.7. The Morgan fingerprint density at radius 1 is 0.807 bits per heavy atom. The van der Waals surface area contributed by atoms with E-state index in [1.54, 1.807) is 11.0 Å². The first-order chi connectivity index (χ1) is 26.9. The fourth-order valence-electron chi connectivity index (χ4n) is 12.2. The van der Waals surface area contributed by atoms with Crippen LogP contribution in [0.3, 0.4) is 0 Å². The summed E-state index contributed by atoms with van der Waals surface area (Å²) >= 11 is 1.31. The maximum Gasteiger partial charge on any atom is 0.257 e. The minimum Gasteiger partial charge on any atom is -0.343 e. The molecule has 0 aromatic rings. The molecule has 0 bridgehead atoms. The van der Waals surface area contributed by atoms with Crippen molar-refractivity contribution in [2.24, 2.45) is 33.5 Å². The Labute approximate surface area is 345 Å². The molecule has 7 aliphatic rings. The summed E-state index contributed by atoms with van der Waals surface area (Å²) in [5.41, 5.74) is -2.03.